The Kier molecular flexibility index (Phi) is 7.94. The van der Waals surface area contributed by atoms with Crippen LogP contribution in [0.3, 0.4) is 0 Å². The minimum atomic E-state index is -0.712. The molecule has 1 aliphatic heterocycles. The van der Waals surface area contributed by atoms with E-state index in [1.54, 1.807) is 0 Å². The van der Waals surface area contributed by atoms with Crippen molar-refractivity contribution >= 4 is 5.97 Å². The molecule has 0 bridgehead atoms. The summed E-state index contributed by atoms with van der Waals surface area (Å²) < 4.78 is 5.89. The predicted octanol–water partition coefficient (Wildman–Crippen LogP) is -0.741. The van der Waals surface area contributed by atoms with Crippen LogP contribution in [0.25, 0.3) is 0 Å². The zero-order valence-electron chi connectivity index (χ0n) is 13.1. The number of likely N-dealkylation sites (tertiary alicyclic amines) is 1. The molecular weight excluding hydrogens is 249 g/mol. The fourth-order valence-electron chi connectivity index (χ4n) is 2.38. The van der Waals surface area contributed by atoms with Crippen molar-refractivity contribution in [2.75, 3.05) is 19.6 Å². The average molecular weight is 271 g/mol. The summed E-state index contributed by atoms with van der Waals surface area (Å²) in [5.74, 6) is -0.712. The summed E-state index contributed by atoms with van der Waals surface area (Å²) in [7, 11) is 0. The first-order valence-electron chi connectivity index (χ1n) is 6.84. The molecule has 1 heterocycles. The molecule has 20 heavy (non-hydrogen) atoms. The number of carboxylic acid groups (broad SMARTS) is 1. The van der Waals surface area contributed by atoms with Crippen LogP contribution in [0.1, 0.15) is 26.3 Å². The van der Waals surface area contributed by atoms with E-state index >= 15 is 0 Å². The molecule has 1 aliphatic rings. The van der Waals surface area contributed by atoms with Gasteiger partial charge in [-0.1, -0.05) is 30.3 Å². The third-order valence-corrected chi connectivity index (χ3v) is 3.42. The summed E-state index contributed by atoms with van der Waals surface area (Å²) in [6, 6.07) is 10.2. The zero-order chi connectivity index (χ0) is 13.5. The van der Waals surface area contributed by atoms with Crippen LogP contribution in [0.15, 0.2) is 30.3 Å². The number of hydrogen-bond acceptors (Lipinski definition) is 3. The van der Waals surface area contributed by atoms with E-state index in [2.05, 4.69) is 17.0 Å². The third kappa shape index (κ3) is 6.11. The normalized spacial score (nSPS) is 18.7. The van der Waals surface area contributed by atoms with Gasteiger partial charge in [-0.2, -0.15) is 0 Å². The van der Waals surface area contributed by atoms with E-state index in [4.69, 9.17) is 9.84 Å². The molecule has 0 spiro atoms. The van der Waals surface area contributed by atoms with Gasteiger partial charge in [0, 0.05) is 19.5 Å². The molecule has 1 fully saturated rings. The van der Waals surface area contributed by atoms with Crippen LogP contribution in [0.5, 0.6) is 0 Å². The Morgan fingerprint density at radius 1 is 1.40 bits per heavy atom. The van der Waals surface area contributed by atoms with Crippen molar-refractivity contribution < 1.29 is 34.9 Å². The number of nitrogens with zero attached hydrogens (tertiary/aromatic N) is 1. The second-order valence-corrected chi connectivity index (χ2v) is 5.01. The van der Waals surface area contributed by atoms with Crippen LogP contribution >= 0.6 is 0 Å². The Balaban J connectivity index is 0.00000200. The van der Waals surface area contributed by atoms with Crippen molar-refractivity contribution in [1.29, 1.82) is 0 Å². The van der Waals surface area contributed by atoms with Crippen molar-refractivity contribution in [2.24, 2.45) is 0 Å². The Labute approximate surface area is 133 Å². The molecule has 1 aromatic carbocycles. The summed E-state index contributed by atoms with van der Waals surface area (Å²) in [4.78, 5) is 12.7. The number of ether oxygens (including phenoxy) is 1. The second-order valence-electron chi connectivity index (χ2n) is 5.01. The Morgan fingerprint density at radius 3 is 2.85 bits per heavy atom. The summed E-state index contributed by atoms with van der Waals surface area (Å²) in [6.45, 7) is 3.46. The predicted molar refractivity (Wildman–Crippen MR) is 74.1 cm³/mol. The fourth-order valence-corrected chi connectivity index (χ4v) is 2.38. The van der Waals surface area contributed by atoms with E-state index in [0.29, 0.717) is 6.61 Å². The Hall–Kier alpha value is -0.793. The van der Waals surface area contributed by atoms with Gasteiger partial charge in [-0.25, -0.2) is 0 Å². The van der Waals surface area contributed by atoms with Gasteiger partial charge in [-0.3, -0.25) is 4.79 Å². The molecule has 4 nitrogen and oxygen atoms in total. The number of rotatable bonds is 7. The van der Waals surface area contributed by atoms with Gasteiger partial charge in [0.1, 0.15) is 0 Å². The summed E-state index contributed by atoms with van der Waals surface area (Å²) in [6.07, 6.45) is 2.30. The molecule has 0 saturated carbocycles. The summed E-state index contributed by atoms with van der Waals surface area (Å²) in [5, 5.41) is 8.61. The molecule has 0 radical (unpaired) electrons. The minimum absolute atomic E-state index is 0. The zero-order valence-corrected chi connectivity index (χ0v) is 12.1. The van der Waals surface area contributed by atoms with Gasteiger partial charge in [0.25, 0.3) is 0 Å². The van der Waals surface area contributed by atoms with E-state index in [1.807, 2.05) is 18.2 Å². The first-order valence-corrected chi connectivity index (χ1v) is 6.84. The molecule has 2 rings (SSSR count). The summed E-state index contributed by atoms with van der Waals surface area (Å²) in [5.41, 5.74) is 1.20. The molecule has 1 atom stereocenters. The van der Waals surface area contributed by atoms with Gasteiger partial charge in [0.2, 0.25) is 0 Å². The molecule has 5 heteroatoms. The van der Waals surface area contributed by atoms with Crippen LogP contribution < -0.4 is 18.9 Å². The minimum Gasteiger partial charge on any atom is -1.00 e. The molecule has 1 aromatic rings. The fraction of sp³-hybridized carbons (Fsp3) is 0.533. The largest absolute Gasteiger partial charge is 1.00 e. The molecule has 1 saturated heterocycles. The molecule has 106 valence electrons. The van der Waals surface area contributed by atoms with Crippen molar-refractivity contribution in [3.8, 4) is 0 Å². The Morgan fingerprint density at radius 2 is 2.15 bits per heavy atom. The molecule has 1 N–H and O–H groups in total. The molecule has 0 amide bonds. The smallest absolute Gasteiger partial charge is 1.00 e. The second kappa shape index (κ2) is 9.20. The number of carboxylic acids is 1. The summed E-state index contributed by atoms with van der Waals surface area (Å²) >= 11 is 0. The maximum absolute atomic E-state index is 10.5. The molecule has 0 aliphatic carbocycles. The topological polar surface area (TPSA) is 49.8 Å². The van der Waals surface area contributed by atoms with Crippen LogP contribution in [0, 0.1) is 0 Å². The van der Waals surface area contributed by atoms with E-state index in [0.717, 1.165) is 32.5 Å². The van der Waals surface area contributed by atoms with Crippen LogP contribution in [0.2, 0.25) is 0 Å². The van der Waals surface area contributed by atoms with Crippen molar-refractivity contribution in [1.82, 2.24) is 4.90 Å². The molecule has 0 unspecified atom stereocenters. The quantitative estimate of drug-likeness (QED) is 0.664. The first-order chi connectivity index (χ1) is 9.24. The standard InChI is InChI=1S/C15H21NO3.Li.H/c17-15(18)7-4-9-16-10-8-14(11-16)19-12-13-5-2-1-3-6-13;;/h1-3,5-6,14H,4,7-12H2,(H,17,18);;/q;+1;-1/t14-;;/m1../s1. The van der Waals surface area contributed by atoms with E-state index in [-0.39, 0.29) is 32.8 Å². The van der Waals surface area contributed by atoms with E-state index < -0.39 is 5.97 Å². The molecule has 0 aromatic heterocycles. The van der Waals surface area contributed by atoms with Gasteiger partial charge in [0.05, 0.1) is 12.7 Å². The van der Waals surface area contributed by atoms with Crippen LogP contribution in [-0.4, -0.2) is 41.7 Å². The SMILES string of the molecule is O=C(O)CCCN1CC[C@@H](OCc2ccccc2)C1.[H-].[Li+]. The first kappa shape index (κ1) is 17.3. The van der Waals surface area contributed by atoms with Crippen molar-refractivity contribution in [3.63, 3.8) is 0 Å². The van der Waals surface area contributed by atoms with Gasteiger partial charge < -0.3 is 16.2 Å². The maximum Gasteiger partial charge on any atom is 1.00 e. The van der Waals surface area contributed by atoms with Crippen molar-refractivity contribution in [2.45, 2.75) is 32.0 Å². The number of hydrogen-bond donors (Lipinski definition) is 1. The van der Waals surface area contributed by atoms with E-state index in [1.165, 1.54) is 5.56 Å². The van der Waals surface area contributed by atoms with Crippen molar-refractivity contribution in [3.05, 3.63) is 35.9 Å². The van der Waals surface area contributed by atoms with Gasteiger partial charge in [-0.15, -0.1) is 0 Å². The van der Waals surface area contributed by atoms with Gasteiger partial charge in [0.15, 0.2) is 0 Å². The van der Waals surface area contributed by atoms with E-state index in [9.17, 15) is 4.79 Å². The third-order valence-electron chi connectivity index (χ3n) is 3.42. The van der Waals surface area contributed by atoms with Crippen LogP contribution in [0.4, 0.5) is 0 Å². The molecular formula is C15H22LiNO3. The monoisotopic (exact) mass is 271 g/mol. The average Bonchev–Trinajstić information content (AvgIpc) is 2.85. The Bertz CT molecular complexity index is 405. The number of carbonyl (C=O) groups is 1. The van der Waals surface area contributed by atoms with Gasteiger partial charge >= 0.3 is 24.8 Å². The van der Waals surface area contributed by atoms with Crippen LogP contribution in [-0.2, 0) is 16.1 Å². The number of benzene rings is 1. The number of aliphatic carboxylic acids is 1. The maximum atomic E-state index is 10.5. The van der Waals surface area contributed by atoms with Gasteiger partial charge in [-0.05, 0) is 24.9 Å².